The Morgan fingerprint density at radius 3 is 2.95 bits per heavy atom. The highest BCUT2D eigenvalue weighted by Gasteiger charge is 2.35. The number of H-pyrrole nitrogens is 1. The molecule has 1 aliphatic heterocycles. The molecule has 0 radical (unpaired) electrons. The fourth-order valence-corrected chi connectivity index (χ4v) is 2.95. The molecule has 7 heteroatoms. The van der Waals surface area contributed by atoms with Crippen LogP contribution in [-0.2, 0) is 0 Å². The Hall–Kier alpha value is -2.18. The first-order valence-electron chi connectivity index (χ1n) is 7.35. The Morgan fingerprint density at radius 1 is 1.38 bits per heavy atom. The predicted octanol–water partition coefficient (Wildman–Crippen LogP) is 1.61. The molecule has 0 aromatic carbocycles. The summed E-state index contributed by atoms with van der Waals surface area (Å²) in [6, 6.07) is 0. The zero-order chi connectivity index (χ0) is 14.4. The lowest BCUT2D eigenvalue weighted by Gasteiger charge is -2.15. The van der Waals surface area contributed by atoms with Crippen LogP contribution in [0.25, 0.3) is 0 Å². The van der Waals surface area contributed by atoms with E-state index in [2.05, 4.69) is 20.3 Å². The zero-order valence-electron chi connectivity index (χ0n) is 11.9. The minimum Gasteiger partial charge on any atom is -0.339 e. The monoisotopic (exact) mass is 287 g/mol. The molecule has 2 fully saturated rings. The van der Waals surface area contributed by atoms with Gasteiger partial charge in [-0.15, -0.1) is 0 Å². The van der Waals surface area contributed by atoms with Crippen molar-refractivity contribution in [3.05, 3.63) is 29.2 Å². The number of nitrogens with one attached hydrogen (secondary N) is 1. The number of carbonyl (C=O) groups excluding carboxylic acids is 1. The van der Waals surface area contributed by atoms with Gasteiger partial charge in [-0.05, 0) is 26.2 Å². The van der Waals surface area contributed by atoms with Crippen LogP contribution >= 0.6 is 0 Å². The third-order valence-corrected chi connectivity index (χ3v) is 4.25. The van der Waals surface area contributed by atoms with Gasteiger partial charge in [0.1, 0.15) is 0 Å². The molecule has 7 nitrogen and oxygen atoms in total. The smallest absolute Gasteiger partial charge is 0.257 e. The van der Waals surface area contributed by atoms with Crippen LogP contribution in [0.4, 0.5) is 0 Å². The lowest BCUT2D eigenvalue weighted by molar-refractivity contribution is 0.0788. The van der Waals surface area contributed by atoms with Gasteiger partial charge in [0.2, 0.25) is 5.89 Å². The number of carbonyl (C=O) groups is 1. The number of hydrogen-bond donors (Lipinski definition) is 1. The van der Waals surface area contributed by atoms with E-state index in [4.69, 9.17) is 4.52 Å². The quantitative estimate of drug-likeness (QED) is 0.926. The maximum atomic E-state index is 12.6. The van der Waals surface area contributed by atoms with Crippen LogP contribution in [0.3, 0.4) is 0 Å². The second kappa shape index (κ2) is 4.68. The first-order valence-corrected chi connectivity index (χ1v) is 7.35. The van der Waals surface area contributed by atoms with Gasteiger partial charge in [0.15, 0.2) is 5.82 Å². The van der Waals surface area contributed by atoms with Crippen molar-refractivity contribution in [3.8, 4) is 0 Å². The molecule has 1 amide bonds. The number of nitrogens with zero attached hydrogens (tertiary/aromatic N) is 4. The normalized spacial score (nSPS) is 22.0. The highest BCUT2D eigenvalue weighted by atomic mass is 16.5. The van der Waals surface area contributed by atoms with Gasteiger partial charge < -0.3 is 9.42 Å². The summed E-state index contributed by atoms with van der Waals surface area (Å²) in [5.74, 6) is 1.97. The molecule has 1 aliphatic carbocycles. The molecule has 4 rings (SSSR count). The predicted molar refractivity (Wildman–Crippen MR) is 72.9 cm³/mol. The second-order valence-electron chi connectivity index (χ2n) is 5.89. The van der Waals surface area contributed by atoms with Gasteiger partial charge in [-0.2, -0.15) is 10.1 Å². The first kappa shape index (κ1) is 12.6. The van der Waals surface area contributed by atoms with Crippen molar-refractivity contribution < 1.29 is 9.32 Å². The SMILES string of the molecule is Cc1noc([C@H]2CCN(C(=O)c3cn[nH]c3C3CC3)C2)n1. The molecule has 1 saturated heterocycles. The third-order valence-electron chi connectivity index (χ3n) is 4.25. The summed E-state index contributed by atoms with van der Waals surface area (Å²) in [6.07, 6.45) is 4.81. The minimum atomic E-state index is 0.0596. The minimum absolute atomic E-state index is 0.0596. The van der Waals surface area contributed by atoms with Crippen molar-refractivity contribution in [3.63, 3.8) is 0 Å². The topological polar surface area (TPSA) is 87.9 Å². The molecule has 3 heterocycles. The number of amides is 1. The third kappa shape index (κ3) is 2.22. The van der Waals surface area contributed by atoms with Crippen molar-refractivity contribution in [2.45, 2.75) is 38.0 Å². The molecule has 1 saturated carbocycles. The average Bonchev–Trinajstić information content (AvgIpc) is 2.94. The molecular formula is C14H17N5O2. The summed E-state index contributed by atoms with van der Waals surface area (Å²) in [4.78, 5) is 18.8. The molecule has 1 N–H and O–H groups in total. The number of hydrogen-bond acceptors (Lipinski definition) is 5. The number of aromatic nitrogens is 4. The van der Waals surface area contributed by atoms with E-state index in [0.717, 1.165) is 37.1 Å². The molecule has 21 heavy (non-hydrogen) atoms. The maximum Gasteiger partial charge on any atom is 0.257 e. The van der Waals surface area contributed by atoms with Gasteiger partial charge in [0.25, 0.3) is 5.91 Å². The summed E-state index contributed by atoms with van der Waals surface area (Å²) in [7, 11) is 0. The van der Waals surface area contributed by atoms with E-state index in [9.17, 15) is 4.79 Å². The Kier molecular flexibility index (Phi) is 2.80. The fourth-order valence-electron chi connectivity index (χ4n) is 2.95. The number of rotatable bonds is 3. The molecule has 2 aliphatic rings. The van der Waals surface area contributed by atoms with Crippen LogP contribution in [0.2, 0.25) is 0 Å². The number of aryl methyl sites for hydroxylation is 1. The largest absolute Gasteiger partial charge is 0.339 e. The molecule has 110 valence electrons. The lowest BCUT2D eigenvalue weighted by atomic mass is 10.1. The average molecular weight is 287 g/mol. The summed E-state index contributed by atoms with van der Waals surface area (Å²) < 4.78 is 5.22. The van der Waals surface area contributed by atoms with Crippen molar-refractivity contribution in [1.82, 2.24) is 25.2 Å². The van der Waals surface area contributed by atoms with E-state index in [1.807, 2.05) is 4.90 Å². The van der Waals surface area contributed by atoms with Crippen LogP contribution in [0.5, 0.6) is 0 Å². The summed E-state index contributed by atoms with van der Waals surface area (Å²) in [5.41, 5.74) is 1.72. The van der Waals surface area contributed by atoms with Gasteiger partial charge in [-0.1, -0.05) is 5.16 Å². The Balaban J connectivity index is 1.50. The highest BCUT2D eigenvalue weighted by Crippen LogP contribution is 2.41. The molecule has 1 atom stereocenters. The fraction of sp³-hybridized carbons (Fsp3) is 0.571. The zero-order valence-corrected chi connectivity index (χ0v) is 11.9. The van der Waals surface area contributed by atoms with Gasteiger partial charge in [0.05, 0.1) is 23.4 Å². The van der Waals surface area contributed by atoms with E-state index in [0.29, 0.717) is 24.2 Å². The van der Waals surface area contributed by atoms with Crippen molar-refractivity contribution in [2.75, 3.05) is 13.1 Å². The van der Waals surface area contributed by atoms with E-state index in [1.54, 1.807) is 13.1 Å². The highest BCUT2D eigenvalue weighted by molar-refractivity contribution is 5.95. The number of likely N-dealkylation sites (tertiary alicyclic amines) is 1. The van der Waals surface area contributed by atoms with E-state index >= 15 is 0 Å². The molecule has 2 aromatic heterocycles. The van der Waals surface area contributed by atoms with E-state index in [-0.39, 0.29) is 11.8 Å². The van der Waals surface area contributed by atoms with Crippen molar-refractivity contribution in [1.29, 1.82) is 0 Å². The van der Waals surface area contributed by atoms with Crippen LogP contribution < -0.4 is 0 Å². The van der Waals surface area contributed by atoms with E-state index < -0.39 is 0 Å². The van der Waals surface area contributed by atoms with Crippen molar-refractivity contribution >= 4 is 5.91 Å². The standard InChI is InChI=1S/C14H17N5O2/c1-8-16-13(21-18-8)10-4-5-19(7-10)14(20)11-6-15-17-12(11)9-2-3-9/h6,9-10H,2-5,7H2,1H3,(H,15,17)/t10-/m0/s1. The molecular weight excluding hydrogens is 270 g/mol. The number of aromatic amines is 1. The molecule has 0 unspecified atom stereocenters. The lowest BCUT2D eigenvalue weighted by Crippen LogP contribution is -2.29. The second-order valence-corrected chi connectivity index (χ2v) is 5.89. The van der Waals surface area contributed by atoms with Crippen LogP contribution in [-0.4, -0.2) is 44.2 Å². The van der Waals surface area contributed by atoms with Gasteiger partial charge in [-0.25, -0.2) is 0 Å². The van der Waals surface area contributed by atoms with Gasteiger partial charge in [0, 0.05) is 19.0 Å². The Morgan fingerprint density at radius 2 is 2.24 bits per heavy atom. The molecule has 2 aromatic rings. The van der Waals surface area contributed by atoms with Crippen LogP contribution in [0.15, 0.2) is 10.7 Å². The first-order chi connectivity index (χ1) is 10.2. The Bertz CT molecular complexity index is 672. The summed E-state index contributed by atoms with van der Waals surface area (Å²) in [6.45, 7) is 3.16. The van der Waals surface area contributed by atoms with Crippen LogP contribution in [0, 0.1) is 6.92 Å². The maximum absolute atomic E-state index is 12.6. The van der Waals surface area contributed by atoms with Crippen molar-refractivity contribution in [2.24, 2.45) is 0 Å². The summed E-state index contributed by atoms with van der Waals surface area (Å²) in [5, 5.41) is 10.8. The van der Waals surface area contributed by atoms with Gasteiger partial charge in [-0.3, -0.25) is 9.89 Å². The summed E-state index contributed by atoms with van der Waals surface area (Å²) >= 11 is 0. The molecule has 0 bridgehead atoms. The van der Waals surface area contributed by atoms with Gasteiger partial charge >= 0.3 is 0 Å². The van der Waals surface area contributed by atoms with Crippen LogP contribution in [0.1, 0.15) is 58.9 Å². The van der Waals surface area contributed by atoms with E-state index in [1.165, 1.54) is 0 Å². The molecule has 0 spiro atoms. The Labute approximate surface area is 121 Å².